The molecule has 2 heterocycles. The molecular weight excluding hydrogens is 300 g/mol. The smallest absolute Gasteiger partial charge is 0.199 e. The first-order valence-corrected chi connectivity index (χ1v) is 8.50. The fourth-order valence-corrected chi connectivity index (χ4v) is 4.29. The van der Waals surface area contributed by atoms with E-state index >= 15 is 0 Å². The predicted molar refractivity (Wildman–Crippen MR) is 90.3 cm³/mol. The maximum absolute atomic E-state index is 12.9. The first-order chi connectivity index (χ1) is 11.8. The van der Waals surface area contributed by atoms with Crippen LogP contribution in [0.5, 0.6) is 11.5 Å². The van der Waals surface area contributed by atoms with Crippen LogP contribution in [0.4, 0.5) is 0 Å². The van der Waals surface area contributed by atoms with Gasteiger partial charge in [-0.3, -0.25) is 4.79 Å². The van der Waals surface area contributed by atoms with Crippen molar-refractivity contribution in [2.45, 2.75) is 31.0 Å². The largest absolute Gasteiger partial charge is 0.486 e. The van der Waals surface area contributed by atoms with E-state index in [-0.39, 0.29) is 17.8 Å². The Bertz CT molecular complexity index is 854. The number of carbonyl (C=O) groups is 1. The van der Waals surface area contributed by atoms with E-state index in [0.717, 1.165) is 29.9 Å². The molecular formula is C21H18O3. The molecule has 3 atom stereocenters. The molecule has 0 fully saturated rings. The highest BCUT2D eigenvalue weighted by Crippen LogP contribution is 2.46. The van der Waals surface area contributed by atoms with Crippen molar-refractivity contribution in [3.8, 4) is 11.5 Å². The number of carbonyl (C=O) groups excluding carboxylic acids is 1. The van der Waals surface area contributed by atoms with Crippen molar-refractivity contribution in [1.29, 1.82) is 0 Å². The molecule has 0 amide bonds. The fourth-order valence-electron chi connectivity index (χ4n) is 4.29. The highest BCUT2D eigenvalue weighted by Gasteiger charge is 2.55. The van der Waals surface area contributed by atoms with Crippen LogP contribution in [0.25, 0.3) is 0 Å². The van der Waals surface area contributed by atoms with E-state index in [9.17, 15) is 4.79 Å². The highest BCUT2D eigenvalue weighted by atomic mass is 16.5. The lowest BCUT2D eigenvalue weighted by Gasteiger charge is -2.48. The standard InChI is InChI=1S/C21H18O3/c22-20-10-9-19-16(13-15-6-2-3-7-17(15)23-19)21(20)12-11-14-5-1-4-8-18(14)24-21/h1-10,16,19H,11-13H2. The van der Waals surface area contributed by atoms with Crippen LogP contribution in [-0.4, -0.2) is 17.5 Å². The molecule has 3 heteroatoms. The van der Waals surface area contributed by atoms with E-state index in [1.807, 2.05) is 42.5 Å². The Morgan fingerprint density at radius 3 is 2.58 bits per heavy atom. The van der Waals surface area contributed by atoms with Crippen molar-refractivity contribution in [2.24, 2.45) is 5.92 Å². The van der Waals surface area contributed by atoms with Crippen molar-refractivity contribution in [1.82, 2.24) is 0 Å². The maximum atomic E-state index is 12.9. The molecule has 0 aromatic heterocycles. The first-order valence-electron chi connectivity index (χ1n) is 8.50. The number of ether oxygens (including phenoxy) is 2. The van der Waals surface area contributed by atoms with Crippen LogP contribution in [0.15, 0.2) is 60.7 Å². The minimum atomic E-state index is -0.804. The minimum Gasteiger partial charge on any atom is -0.486 e. The van der Waals surface area contributed by atoms with Gasteiger partial charge < -0.3 is 9.47 Å². The number of para-hydroxylation sites is 2. The van der Waals surface area contributed by atoms with Crippen LogP contribution in [0.1, 0.15) is 17.5 Å². The van der Waals surface area contributed by atoms with Crippen molar-refractivity contribution >= 4 is 5.78 Å². The second-order valence-corrected chi connectivity index (χ2v) is 6.82. The second-order valence-electron chi connectivity index (χ2n) is 6.82. The predicted octanol–water partition coefficient (Wildman–Crippen LogP) is 3.51. The Balaban J connectivity index is 1.59. The number of fused-ring (bicyclic) bond motifs is 4. The molecule has 0 saturated heterocycles. The zero-order chi connectivity index (χ0) is 16.1. The zero-order valence-electron chi connectivity index (χ0n) is 13.3. The van der Waals surface area contributed by atoms with Crippen LogP contribution in [-0.2, 0) is 17.6 Å². The number of hydrogen-bond donors (Lipinski definition) is 0. The molecule has 2 aromatic carbocycles. The summed E-state index contributed by atoms with van der Waals surface area (Å²) >= 11 is 0. The van der Waals surface area contributed by atoms with Gasteiger partial charge in [-0.25, -0.2) is 0 Å². The maximum Gasteiger partial charge on any atom is 0.199 e. The SMILES string of the molecule is O=C1C=CC2Oc3ccccc3CC2C12CCc1ccccc1O2. The third kappa shape index (κ3) is 1.87. The molecule has 2 aliphatic heterocycles. The molecule has 0 N–H and O–H groups in total. The van der Waals surface area contributed by atoms with Gasteiger partial charge in [-0.15, -0.1) is 0 Å². The lowest BCUT2D eigenvalue weighted by atomic mass is 9.68. The van der Waals surface area contributed by atoms with Crippen molar-refractivity contribution in [2.75, 3.05) is 0 Å². The fraction of sp³-hybridized carbons (Fsp3) is 0.286. The van der Waals surface area contributed by atoms with Gasteiger partial charge in [0.1, 0.15) is 17.6 Å². The topological polar surface area (TPSA) is 35.5 Å². The Morgan fingerprint density at radius 2 is 1.71 bits per heavy atom. The summed E-state index contributed by atoms with van der Waals surface area (Å²) < 4.78 is 12.6. The van der Waals surface area contributed by atoms with E-state index in [4.69, 9.17) is 9.47 Å². The van der Waals surface area contributed by atoms with Gasteiger partial charge in [0.05, 0.1) is 5.92 Å². The average molecular weight is 318 g/mol. The van der Waals surface area contributed by atoms with E-state index in [2.05, 4.69) is 12.1 Å². The first kappa shape index (κ1) is 13.8. The summed E-state index contributed by atoms with van der Waals surface area (Å²) in [6.45, 7) is 0. The van der Waals surface area contributed by atoms with Crippen LogP contribution < -0.4 is 9.47 Å². The molecule has 3 aliphatic rings. The Morgan fingerprint density at radius 1 is 0.958 bits per heavy atom. The van der Waals surface area contributed by atoms with Crippen LogP contribution in [0.2, 0.25) is 0 Å². The molecule has 0 saturated carbocycles. The zero-order valence-corrected chi connectivity index (χ0v) is 13.3. The molecule has 24 heavy (non-hydrogen) atoms. The number of rotatable bonds is 0. The van der Waals surface area contributed by atoms with Crippen molar-refractivity contribution in [3.63, 3.8) is 0 Å². The summed E-state index contributed by atoms with van der Waals surface area (Å²) in [6, 6.07) is 16.1. The van der Waals surface area contributed by atoms with Gasteiger partial charge in [-0.2, -0.15) is 0 Å². The molecule has 5 rings (SSSR count). The molecule has 0 radical (unpaired) electrons. The van der Waals surface area contributed by atoms with Crippen LogP contribution in [0, 0.1) is 5.92 Å². The molecule has 1 aliphatic carbocycles. The van der Waals surface area contributed by atoms with Gasteiger partial charge in [-0.05, 0) is 54.7 Å². The third-order valence-corrected chi connectivity index (χ3v) is 5.56. The molecule has 1 spiro atoms. The summed E-state index contributed by atoms with van der Waals surface area (Å²) in [6.07, 6.45) is 5.82. The van der Waals surface area contributed by atoms with Gasteiger partial charge in [-0.1, -0.05) is 36.4 Å². The lowest BCUT2D eigenvalue weighted by molar-refractivity contribution is -0.142. The van der Waals surface area contributed by atoms with Gasteiger partial charge >= 0.3 is 0 Å². The normalized spacial score (nSPS) is 29.9. The van der Waals surface area contributed by atoms with Gasteiger partial charge in [0.25, 0.3) is 0 Å². The number of benzene rings is 2. The van der Waals surface area contributed by atoms with Gasteiger partial charge in [0, 0.05) is 0 Å². The van der Waals surface area contributed by atoms with E-state index in [1.165, 1.54) is 5.56 Å². The van der Waals surface area contributed by atoms with Gasteiger partial charge in [0.2, 0.25) is 0 Å². The Hall–Kier alpha value is -2.55. The Kier molecular flexibility index (Phi) is 2.87. The van der Waals surface area contributed by atoms with E-state index < -0.39 is 5.60 Å². The van der Waals surface area contributed by atoms with Crippen LogP contribution in [0.3, 0.4) is 0 Å². The number of aryl methyl sites for hydroxylation is 1. The quantitative estimate of drug-likeness (QED) is 0.746. The lowest BCUT2D eigenvalue weighted by Crippen LogP contribution is -2.60. The molecule has 120 valence electrons. The monoisotopic (exact) mass is 318 g/mol. The van der Waals surface area contributed by atoms with E-state index in [1.54, 1.807) is 6.08 Å². The summed E-state index contributed by atoms with van der Waals surface area (Å²) in [5.74, 6) is 1.84. The highest BCUT2D eigenvalue weighted by molar-refractivity contribution is 5.99. The number of hydrogen-bond acceptors (Lipinski definition) is 3. The molecule has 3 unspecified atom stereocenters. The summed E-state index contributed by atoms with van der Waals surface area (Å²) in [5.41, 5.74) is 1.53. The Labute approximate surface area is 140 Å². The summed E-state index contributed by atoms with van der Waals surface area (Å²) in [4.78, 5) is 12.9. The molecule has 2 aromatic rings. The van der Waals surface area contributed by atoms with Crippen LogP contribution >= 0.6 is 0 Å². The summed E-state index contributed by atoms with van der Waals surface area (Å²) in [7, 11) is 0. The number of ketones is 1. The minimum absolute atomic E-state index is 0.0123. The average Bonchev–Trinajstić information content (AvgIpc) is 2.64. The van der Waals surface area contributed by atoms with Crippen molar-refractivity contribution in [3.05, 3.63) is 71.8 Å². The summed E-state index contributed by atoms with van der Waals surface area (Å²) in [5, 5.41) is 0. The second kappa shape index (κ2) is 4.97. The van der Waals surface area contributed by atoms with Crippen molar-refractivity contribution < 1.29 is 14.3 Å². The van der Waals surface area contributed by atoms with E-state index in [0.29, 0.717) is 6.42 Å². The molecule has 3 nitrogen and oxygen atoms in total. The molecule has 0 bridgehead atoms. The van der Waals surface area contributed by atoms with Gasteiger partial charge in [0.15, 0.2) is 11.4 Å². The third-order valence-electron chi connectivity index (χ3n) is 5.56.